The van der Waals surface area contributed by atoms with Gasteiger partial charge in [0.2, 0.25) is 0 Å². The number of ketones is 1. The molecule has 0 saturated heterocycles. The molecule has 3 fully saturated rings. The highest BCUT2D eigenvalue weighted by Gasteiger charge is 2.70. The number of hydrogen-bond acceptors (Lipinski definition) is 2. The minimum Gasteiger partial charge on any atom is -0.368 e. The van der Waals surface area contributed by atoms with Gasteiger partial charge in [0, 0.05) is 5.41 Å². The Hall–Kier alpha value is -0.370. The quantitative estimate of drug-likeness (QED) is 0.756. The van der Waals surface area contributed by atoms with Crippen molar-refractivity contribution in [2.45, 2.75) is 79.4 Å². The van der Waals surface area contributed by atoms with Crippen molar-refractivity contribution in [2.75, 3.05) is 0 Å². The van der Waals surface area contributed by atoms with Crippen LogP contribution in [0.15, 0.2) is 0 Å². The van der Waals surface area contributed by atoms with Crippen molar-refractivity contribution < 1.29 is 9.53 Å². The summed E-state index contributed by atoms with van der Waals surface area (Å²) in [6, 6.07) is 0. The van der Waals surface area contributed by atoms with E-state index in [1.165, 1.54) is 12.8 Å². The first-order valence-electron chi connectivity index (χ1n) is 8.29. The Morgan fingerprint density at radius 1 is 1.05 bits per heavy atom. The summed E-state index contributed by atoms with van der Waals surface area (Å²) in [6.07, 6.45) is 4.60. The van der Waals surface area contributed by atoms with Crippen molar-refractivity contribution in [1.29, 1.82) is 0 Å². The van der Waals surface area contributed by atoms with Crippen molar-refractivity contribution in [3.05, 3.63) is 0 Å². The molecule has 3 aliphatic rings. The van der Waals surface area contributed by atoms with Gasteiger partial charge in [-0.25, -0.2) is 0 Å². The first-order valence-corrected chi connectivity index (χ1v) is 8.29. The van der Waals surface area contributed by atoms with Crippen LogP contribution in [0.2, 0.25) is 0 Å². The second kappa shape index (κ2) is 4.09. The van der Waals surface area contributed by atoms with Crippen molar-refractivity contribution in [2.24, 2.45) is 28.1 Å². The third-order valence-electron chi connectivity index (χ3n) is 6.79. The number of ether oxygens (including phenoxy) is 1. The molecule has 0 heterocycles. The number of Topliss-reactive ketones (excluding diaryl/α,β-unsaturated/α-hetero) is 1. The second-order valence-electron chi connectivity index (χ2n) is 9.13. The fourth-order valence-corrected chi connectivity index (χ4v) is 5.85. The van der Waals surface area contributed by atoms with Crippen LogP contribution in [-0.4, -0.2) is 18.0 Å². The second-order valence-corrected chi connectivity index (χ2v) is 9.13. The van der Waals surface area contributed by atoms with Gasteiger partial charge in [0.05, 0.1) is 6.10 Å². The van der Waals surface area contributed by atoms with Crippen molar-refractivity contribution in [3.63, 3.8) is 0 Å². The van der Waals surface area contributed by atoms with E-state index in [9.17, 15) is 4.79 Å². The third kappa shape index (κ3) is 1.76. The fourth-order valence-electron chi connectivity index (χ4n) is 5.85. The van der Waals surface area contributed by atoms with E-state index in [0.717, 1.165) is 18.8 Å². The maximum atomic E-state index is 12.9. The number of carbonyl (C=O) groups is 1. The zero-order chi connectivity index (χ0) is 14.9. The van der Waals surface area contributed by atoms with Gasteiger partial charge in [-0.15, -0.1) is 0 Å². The smallest absolute Gasteiger partial charge is 0.167 e. The average molecular weight is 278 g/mol. The molecule has 2 nitrogen and oxygen atoms in total. The summed E-state index contributed by atoms with van der Waals surface area (Å²) >= 11 is 0. The lowest BCUT2D eigenvalue weighted by molar-refractivity contribution is -0.137. The maximum absolute atomic E-state index is 12.9. The van der Waals surface area contributed by atoms with Crippen molar-refractivity contribution in [1.82, 2.24) is 0 Å². The molecule has 0 aromatic heterocycles. The van der Waals surface area contributed by atoms with E-state index >= 15 is 0 Å². The minimum absolute atomic E-state index is 0.140. The molecule has 0 bridgehead atoms. The largest absolute Gasteiger partial charge is 0.368 e. The molecule has 0 amide bonds. The van der Waals surface area contributed by atoms with E-state index in [2.05, 4.69) is 27.7 Å². The Bertz CT molecular complexity index is 439. The molecule has 0 unspecified atom stereocenters. The predicted molar refractivity (Wildman–Crippen MR) is 80.5 cm³/mol. The lowest BCUT2D eigenvalue weighted by Crippen LogP contribution is -2.37. The number of fused-ring (bicyclic) bond motifs is 3. The summed E-state index contributed by atoms with van der Waals surface area (Å²) < 4.78 is 5.94. The van der Waals surface area contributed by atoms with Crippen molar-refractivity contribution in [3.8, 4) is 0 Å². The summed E-state index contributed by atoms with van der Waals surface area (Å²) in [5, 5.41) is 0. The Morgan fingerprint density at radius 3 is 2.30 bits per heavy atom. The standard InChI is InChI=1S/C18H30O2/c1-11(2)20-14-10-17(5)13-9-16(3,4)7-12(13)8-18(17,6)15(14)19/h11-14H,7-10H2,1-6H3/t12-,13-,14+,17+,18+/m1/s1. The number of hydrogen-bond donors (Lipinski definition) is 0. The molecule has 114 valence electrons. The molecule has 0 spiro atoms. The molecule has 0 aromatic carbocycles. The molecule has 5 atom stereocenters. The van der Waals surface area contributed by atoms with Gasteiger partial charge in [-0.1, -0.05) is 27.7 Å². The predicted octanol–water partition coefficient (Wildman–Crippen LogP) is 4.22. The lowest BCUT2D eigenvalue weighted by atomic mass is 9.65. The summed E-state index contributed by atoms with van der Waals surface area (Å²) in [6.45, 7) is 13.5. The van der Waals surface area contributed by atoms with Gasteiger partial charge in [-0.3, -0.25) is 4.79 Å². The summed E-state index contributed by atoms with van der Waals surface area (Å²) in [4.78, 5) is 12.9. The number of rotatable bonds is 2. The normalized spacial score (nSPS) is 49.8. The van der Waals surface area contributed by atoms with Crippen LogP contribution in [0.4, 0.5) is 0 Å². The molecule has 2 heteroatoms. The molecule has 3 rings (SSSR count). The summed E-state index contributed by atoms with van der Waals surface area (Å²) in [5.74, 6) is 1.86. The van der Waals surface area contributed by atoms with Crippen LogP contribution in [0.1, 0.15) is 67.2 Å². The maximum Gasteiger partial charge on any atom is 0.167 e. The van der Waals surface area contributed by atoms with Crippen LogP contribution in [0.25, 0.3) is 0 Å². The average Bonchev–Trinajstić information content (AvgIpc) is 2.75. The number of carbonyl (C=O) groups excluding carboxylic acids is 1. The zero-order valence-electron chi connectivity index (χ0n) is 14.0. The van der Waals surface area contributed by atoms with Crippen LogP contribution < -0.4 is 0 Å². The van der Waals surface area contributed by atoms with Gasteiger partial charge >= 0.3 is 0 Å². The highest BCUT2D eigenvalue weighted by molar-refractivity contribution is 5.92. The van der Waals surface area contributed by atoms with E-state index in [0.29, 0.717) is 17.1 Å². The lowest BCUT2D eigenvalue weighted by Gasteiger charge is -2.38. The SMILES string of the molecule is CC(C)O[C@H]1C[C@@]2(C)[C@@H]3CC(C)(C)C[C@@H]3C[C@@]2(C)C1=O. The summed E-state index contributed by atoms with van der Waals surface area (Å²) in [7, 11) is 0. The zero-order valence-corrected chi connectivity index (χ0v) is 14.0. The fraction of sp³-hybridized carbons (Fsp3) is 0.944. The molecule has 3 saturated carbocycles. The highest BCUT2D eigenvalue weighted by atomic mass is 16.5. The van der Waals surface area contributed by atoms with Gasteiger partial charge in [-0.05, 0) is 62.2 Å². The van der Waals surface area contributed by atoms with E-state index < -0.39 is 0 Å². The third-order valence-corrected chi connectivity index (χ3v) is 6.79. The molecule has 20 heavy (non-hydrogen) atoms. The van der Waals surface area contributed by atoms with E-state index in [-0.39, 0.29) is 23.0 Å². The molecule has 0 aromatic rings. The monoisotopic (exact) mass is 278 g/mol. The van der Waals surface area contributed by atoms with Crippen LogP contribution in [0.5, 0.6) is 0 Å². The van der Waals surface area contributed by atoms with Gasteiger partial charge in [0.1, 0.15) is 6.10 Å². The van der Waals surface area contributed by atoms with E-state index in [1.807, 2.05) is 13.8 Å². The van der Waals surface area contributed by atoms with Gasteiger partial charge in [-0.2, -0.15) is 0 Å². The van der Waals surface area contributed by atoms with Crippen LogP contribution in [0, 0.1) is 28.1 Å². The van der Waals surface area contributed by atoms with E-state index in [1.54, 1.807) is 0 Å². The van der Waals surface area contributed by atoms with E-state index in [4.69, 9.17) is 4.74 Å². The Labute approximate surface area is 123 Å². The molecular formula is C18H30O2. The van der Waals surface area contributed by atoms with Crippen molar-refractivity contribution >= 4 is 5.78 Å². The first kappa shape index (κ1) is 14.6. The highest BCUT2D eigenvalue weighted by Crippen LogP contribution is 2.71. The Balaban J connectivity index is 1.90. The molecule has 0 aliphatic heterocycles. The van der Waals surface area contributed by atoms with Crippen LogP contribution in [0.3, 0.4) is 0 Å². The van der Waals surface area contributed by atoms with Gasteiger partial charge in [0.25, 0.3) is 0 Å². The molecule has 0 N–H and O–H groups in total. The Morgan fingerprint density at radius 2 is 1.70 bits per heavy atom. The minimum atomic E-state index is -0.158. The summed E-state index contributed by atoms with van der Waals surface area (Å²) in [5.41, 5.74) is 0.472. The molecular weight excluding hydrogens is 248 g/mol. The van der Waals surface area contributed by atoms with Crippen LogP contribution >= 0.6 is 0 Å². The topological polar surface area (TPSA) is 26.3 Å². The van der Waals surface area contributed by atoms with Gasteiger partial charge < -0.3 is 4.74 Å². The molecule has 0 radical (unpaired) electrons. The first-order chi connectivity index (χ1) is 9.09. The van der Waals surface area contributed by atoms with Crippen LogP contribution in [-0.2, 0) is 9.53 Å². The van der Waals surface area contributed by atoms with Gasteiger partial charge in [0.15, 0.2) is 5.78 Å². The molecule has 3 aliphatic carbocycles. The Kier molecular flexibility index (Phi) is 2.98.